The molecule has 0 bridgehead atoms. The van der Waals surface area contributed by atoms with Crippen molar-refractivity contribution >= 4 is 5.97 Å². The molecule has 7 heteroatoms. The quantitative estimate of drug-likeness (QED) is 0.886. The molecule has 1 heterocycles. The second-order valence-electron chi connectivity index (χ2n) is 3.82. The number of hydrogen-bond acceptors (Lipinski definition) is 3. The minimum atomic E-state index is -4.26. The highest BCUT2D eigenvalue weighted by molar-refractivity contribution is 5.88. The van der Waals surface area contributed by atoms with Crippen LogP contribution in [0.3, 0.4) is 0 Å². The molecule has 0 aliphatic heterocycles. The van der Waals surface area contributed by atoms with Gasteiger partial charge in [0.1, 0.15) is 5.82 Å². The minimum Gasteiger partial charge on any atom is -0.478 e. The van der Waals surface area contributed by atoms with Crippen molar-refractivity contribution in [3.05, 3.63) is 23.3 Å². The number of nitrogens with zero attached hydrogens (tertiary/aromatic N) is 2. The molecule has 1 rings (SSSR count). The van der Waals surface area contributed by atoms with E-state index in [0.29, 0.717) is 12.8 Å². The highest BCUT2D eigenvalue weighted by Crippen LogP contribution is 2.21. The Hall–Kier alpha value is -1.66. The van der Waals surface area contributed by atoms with Gasteiger partial charge >= 0.3 is 12.1 Å². The maximum absolute atomic E-state index is 12.0. The molecule has 0 fully saturated rings. The fourth-order valence-corrected chi connectivity index (χ4v) is 1.44. The molecule has 0 aliphatic carbocycles. The summed E-state index contributed by atoms with van der Waals surface area (Å²) in [6.07, 6.45) is -3.46. The molecular weight excluding hydrogens is 249 g/mol. The van der Waals surface area contributed by atoms with Gasteiger partial charge in [-0.1, -0.05) is 13.3 Å². The third kappa shape index (κ3) is 4.31. The van der Waals surface area contributed by atoms with Crippen LogP contribution in [-0.2, 0) is 12.8 Å². The number of alkyl halides is 3. The fourth-order valence-electron chi connectivity index (χ4n) is 1.44. The smallest absolute Gasteiger partial charge is 0.389 e. The Bertz CT molecular complexity index is 433. The Kier molecular flexibility index (Phi) is 4.63. The van der Waals surface area contributed by atoms with Crippen molar-refractivity contribution in [1.29, 1.82) is 0 Å². The summed E-state index contributed by atoms with van der Waals surface area (Å²) in [6, 6.07) is 0. The molecule has 0 spiro atoms. The first kappa shape index (κ1) is 14.4. The molecule has 0 radical (unpaired) electrons. The molecule has 1 N–H and O–H groups in total. The van der Waals surface area contributed by atoms with Crippen LogP contribution in [0.25, 0.3) is 0 Å². The van der Waals surface area contributed by atoms with Crippen molar-refractivity contribution in [3.8, 4) is 0 Å². The third-order valence-electron chi connectivity index (χ3n) is 2.27. The molecule has 18 heavy (non-hydrogen) atoms. The second kappa shape index (κ2) is 5.79. The number of aryl methyl sites for hydroxylation is 2. The van der Waals surface area contributed by atoms with E-state index in [2.05, 4.69) is 9.97 Å². The Balaban J connectivity index is 2.89. The number of aromatic carboxylic acids is 1. The van der Waals surface area contributed by atoms with Gasteiger partial charge in [-0.15, -0.1) is 0 Å². The van der Waals surface area contributed by atoms with E-state index in [-0.39, 0.29) is 23.5 Å². The van der Waals surface area contributed by atoms with Crippen molar-refractivity contribution in [2.45, 2.75) is 38.8 Å². The summed E-state index contributed by atoms with van der Waals surface area (Å²) in [5, 5.41) is 8.88. The van der Waals surface area contributed by atoms with Crippen LogP contribution in [0.5, 0.6) is 0 Å². The molecule has 0 saturated heterocycles. The largest absolute Gasteiger partial charge is 0.478 e. The molecule has 100 valence electrons. The van der Waals surface area contributed by atoms with Gasteiger partial charge in [0, 0.05) is 12.6 Å². The number of carboxylic acid groups (broad SMARTS) is 1. The summed E-state index contributed by atoms with van der Waals surface area (Å²) in [6.45, 7) is 1.84. The maximum atomic E-state index is 12.0. The van der Waals surface area contributed by atoms with E-state index in [1.54, 1.807) is 0 Å². The molecule has 0 aliphatic rings. The molecular formula is C11H13F3N2O2. The van der Waals surface area contributed by atoms with E-state index < -0.39 is 18.6 Å². The number of aromatic nitrogens is 2. The molecule has 0 unspecified atom stereocenters. The standard InChI is InChI=1S/C11H13F3N2O2/c1-2-3-8-7(10(17)18)6-15-9(16-8)4-5-11(12,13)14/h6H,2-5H2,1H3,(H,17,18). The van der Waals surface area contributed by atoms with Gasteiger partial charge in [-0.05, 0) is 6.42 Å². The number of halogens is 3. The third-order valence-corrected chi connectivity index (χ3v) is 2.27. The Morgan fingerprint density at radius 1 is 1.39 bits per heavy atom. The highest BCUT2D eigenvalue weighted by atomic mass is 19.4. The average molecular weight is 262 g/mol. The predicted octanol–water partition coefficient (Wildman–Crippen LogP) is 2.62. The predicted molar refractivity (Wildman–Crippen MR) is 57.4 cm³/mol. The van der Waals surface area contributed by atoms with Crippen LogP contribution >= 0.6 is 0 Å². The van der Waals surface area contributed by atoms with Gasteiger partial charge < -0.3 is 5.11 Å². The lowest BCUT2D eigenvalue weighted by atomic mass is 10.1. The normalized spacial score (nSPS) is 11.6. The Morgan fingerprint density at radius 2 is 2.06 bits per heavy atom. The van der Waals surface area contributed by atoms with Crippen molar-refractivity contribution in [3.63, 3.8) is 0 Å². The molecule has 1 aromatic heterocycles. The van der Waals surface area contributed by atoms with E-state index in [1.807, 2.05) is 6.92 Å². The van der Waals surface area contributed by atoms with E-state index in [4.69, 9.17) is 5.11 Å². The first-order valence-electron chi connectivity index (χ1n) is 5.48. The molecule has 0 saturated carbocycles. The highest BCUT2D eigenvalue weighted by Gasteiger charge is 2.27. The molecule has 0 amide bonds. The molecule has 0 atom stereocenters. The first-order chi connectivity index (χ1) is 8.33. The van der Waals surface area contributed by atoms with Gasteiger partial charge in [-0.25, -0.2) is 14.8 Å². The lowest BCUT2D eigenvalue weighted by Crippen LogP contribution is -2.13. The van der Waals surface area contributed by atoms with E-state index in [1.165, 1.54) is 0 Å². The van der Waals surface area contributed by atoms with Crippen molar-refractivity contribution < 1.29 is 23.1 Å². The lowest BCUT2D eigenvalue weighted by molar-refractivity contribution is -0.134. The molecule has 4 nitrogen and oxygen atoms in total. The monoisotopic (exact) mass is 262 g/mol. The van der Waals surface area contributed by atoms with Crippen LogP contribution in [0.1, 0.15) is 41.6 Å². The van der Waals surface area contributed by atoms with Gasteiger partial charge in [0.15, 0.2) is 0 Å². The summed E-state index contributed by atoms with van der Waals surface area (Å²) in [5.41, 5.74) is 0.241. The summed E-state index contributed by atoms with van der Waals surface area (Å²) in [5.74, 6) is -1.14. The van der Waals surface area contributed by atoms with Gasteiger partial charge in [-0.2, -0.15) is 13.2 Å². The zero-order valence-corrected chi connectivity index (χ0v) is 9.79. The number of hydrogen-bond donors (Lipinski definition) is 1. The van der Waals surface area contributed by atoms with E-state index in [0.717, 1.165) is 6.20 Å². The van der Waals surface area contributed by atoms with Crippen LogP contribution in [-0.4, -0.2) is 27.2 Å². The van der Waals surface area contributed by atoms with E-state index in [9.17, 15) is 18.0 Å². The fraction of sp³-hybridized carbons (Fsp3) is 0.545. The average Bonchev–Trinajstić information content (AvgIpc) is 2.25. The SMILES string of the molecule is CCCc1nc(CCC(F)(F)F)ncc1C(=O)O. The zero-order valence-electron chi connectivity index (χ0n) is 9.79. The van der Waals surface area contributed by atoms with E-state index >= 15 is 0 Å². The number of rotatable bonds is 5. The Morgan fingerprint density at radius 3 is 2.56 bits per heavy atom. The topological polar surface area (TPSA) is 63.1 Å². The van der Waals surface area contributed by atoms with Crippen LogP contribution in [0, 0.1) is 0 Å². The zero-order chi connectivity index (χ0) is 13.8. The summed E-state index contributed by atoms with van der Waals surface area (Å²) in [7, 11) is 0. The summed E-state index contributed by atoms with van der Waals surface area (Å²) < 4.78 is 36.1. The lowest BCUT2D eigenvalue weighted by Gasteiger charge is -2.08. The van der Waals surface area contributed by atoms with Gasteiger partial charge in [0.25, 0.3) is 0 Å². The summed E-state index contributed by atoms with van der Waals surface area (Å²) in [4.78, 5) is 18.4. The van der Waals surface area contributed by atoms with Crippen LogP contribution in [0.4, 0.5) is 13.2 Å². The number of carboxylic acids is 1. The molecule has 0 aromatic carbocycles. The first-order valence-corrected chi connectivity index (χ1v) is 5.48. The number of carbonyl (C=O) groups is 1. The van der Waals surface area contributed by atoms with Crippen molar-refractivity contribution in [2.24, 2.45) is 0 Å². The minimum absolute atomic E-state index is 0.0285. The summed E-state index contributed by atoms with van der Waals surface area (Å²) >= 11 is 0. The van der Waals surface area contributed by atoms with Crippen molar-refractivity contribution in [1.82, 2.24) is 9.97 Å². The van der Waals surface area contributed by atoms with Gasteiger partial charge in [0.05, 0.1) is 17.7 Å². The maximum Gasteiger partial charge on any atom is 0.389 e. The van der Waals surface area contributed by atoms with Crippen LogP contribution in [0.15, 0.2) is 6.20 Å². The van der Waals surface area contributed by atoms with Gasteiger partial charge in [0.2, 0.25) is 0 Å². The van der Waals surface area contributed by atoms with Crippen molar-refractivity contribution in [2.75, 3.05) is 0 Å². The second-order valence-corrected chi connectivity index (χ2v) is 3.82. The molecule has 1 aromatic rings. The van der Waals surface area contributed by atoms with Gasteiger partial charge in [-0.3, -0.25) is 0 Å². The van der Waals surface area contributed by atoms with Crippen LogP contribution < -0.4 is 0 Å². The van der Waals surface area contributed by atoms with Crippen LogP contribution in [0.2, 0.25) is 0 Å². The Labute approximate surface area is 102 Å².